The van der Waals surface area contributed by atoms with Gasteiger partial charge in [0.25, 0.3) is 0 Å². The van der Waals surface area contributed by atoms with E-state index in [0.29, 0.717) is 12.1 Å². The zero-order chi connectivity index (χ0) is 12.4. The van der Waals surface area contributed by atoms with Gasteiger partial charge in [-0.3, -0.25) is 0 Å². The predicted molar refractivity (Wildman–Crippen MR) is 76.8 cm³/mol. The third-order valence-corrected chi connectivity index (χ3v) is 4.82. The molecule has 2 aliphatic rings. The van der Waals surface area contributed by atoms with Crippen LogP contribution in [-0.4, -0.2) is 19.3 Å². The van der Waals surface area contributed by atoms with E-state index < -0.39 is 0 Å². The highest BCUT2D eigenvalue weighted by Gasteiger charge is 2.24. The summed E-state index contributed by atoms with van der Waals surface area (Å²) in [5.41, 5.74) is 2.96. The molecule has 0 radical (unpaired) electrons. The summed E-state index contributed by atoms with van der Waals surface area (Å²) in [6.07, 6.45) is 6.58. The first kappa shape index (κ1) is 12.6. The van der Waals surface area contributed by atoms with E-state index in [1.54, 1.807) is 0 Å². The molecule has 0 saturated carbocycles. The summed E-state index contributed by atoms with van der Waals surface area (Å²) in [6, 6.07) is 7.06. The number of rotatable bonds is 3. The summed E-state index contributed by atoms with van der Waals surface area (Å²) in [6.45, 7) is 1.94. The van der Waals surface area contributed by atoms with Crippen molar-refractivity contribution in [1.29, 1.82) is 0 Å². The highest BCUT2D eigenvalue weighted by Crippen LogP contribution is 2.35. The molecule has 3 heteroatoms. The van der Waals surface area contributed by atoms with Crippen molar-refractivity contribution in [3.05, 3.63) is 33.8 Å². The van der Waals surface area contributed by atoms with Crippen molar-refractivity contribution in [2.45, 2.75) is 44.2 Å². The minimum atomic E-state index is 0.426. The van der Waals surface area contributed by atoms with Crippen LogP contribution in [0.4, 0.5) is 0 Å². The van der Waals surface area contributed by atoms with Crippen LogP contribution >= 0.6 is 15.9 Å². The van der Waals surface area contributed by atoms with Crippen LogP contribution in [0.25, 0.3) is 0 Å². The summed E-state index contributed by atoms with van der Waals surface area (Å²) in [4.78, 5) is 0. The average molecular weight is 310 g/mol. The Kier molecular flexibility index (Phi) is 4.02. The Balaban J connectivity index is 1.60. The van der Waals surface area contributed by atoms with E-state index in [1.165, 1.54) is 47.7 Å². The zero-order valence-corrected chi connectivity index (χ0v) is 12.2. The summed E-state index contributed by atoms with van der Waals surface area (Å²) < 4.78 is 7.04. The van der Waals surface area contributed by atoms with E-state index in [4.69, 9.17) is 4.74 Å². The van der Waals surface area contributed by atoms with Crippen LogP contribution in [0, 0.1) is 0 Å². The molecule has 1 aromatic carbocycles. The second-order valence-corrected chi connectivity index (χ2v) is 6.15. The maximum atomic E-state index is 5.78. The fraction of sp³-hybridized carbons (Fsp3) is 0.600. The first-order valence-corrected chi connectivity index (χ1v) is 7.76. The van der Waals surface area contributed by atoms with Crippen LogP contribution in [-0.2, 0) is 11.2 Å². The smallest absolute Gasteiger partial charge is 0.0699 e. The summed E-state index contributed by atoms with van der Waals surface area (Å²) in [5.74, 6) is 0. The molecule has 2 unspecified atom stereocenters. The Labute approximate surface area is 117 Å². The summed E-state index contributed by atoms with van der Waals surface area (Å²) in [5, 5.41) is 3.69. The quantitative estimate of drug-likeness (QED) is 0.921. The molecule has 1 heterocycles. The van der Waals surface area contributed by atoms with Crippen molar-refractivity contribution in [2.24, 2.45) is 0 Å². The van der Waals surface area contributed by atoms with Gasteiger partial charge in [-0.2, -0.15) is 0 Å². The minimum absolute atomic E-state index is 0.426. The average Bonchev–Trinajstić information content (AvgIpc) is 2.82. The molecule has 2 atom stereocenters. The van der Waals surface area contributed by atoms with E-state index >= 15 is 0 Å². The monoisotopic (exact) mass is 309 g/mol. The second-order valence-electron chi connectivity index (χ2n) is 5.30. The Bertz CT molecular complexity index is 415. The molecule has 2 nitrogen and oxygen atoms in total. The van der Waals surface area contributed by atoms with Gasteiger partial charge in [-0.05, 0) is 49.3 Å². The molecule has 18 heavy (non-hydrogen) atoms. The van der Waals surface area contributed by atoms with Gasteiger partial charge in [-0.1, -0.05) is 28.1 Å². The largest absolute Gasteiger partial charge is 0.377 e. The predicted octanol–water partition coefficient (Wildman–Crippen LogP) is 3.60. The van der Waals surface area contributed by atoms with Gasteiger partial charge in [0.1, 0.15) is 0 Å². The molecule has 0 bridgehead atoms. The van der Waals surface area contributed by atoms with Crippen molar-refractivity contribution in [2.75, 3.05) is 13.2 Å². The van der Waals surface area contributed by atoms with E-state index in [9.17, 15) is 0 Å². The zero-order valence-electron chi connectivity index (χ0n) is 10.6. The van der Waals surface area contributed by atoms with E-state index in [2.05, 4.69) is 39.4 Å². The number of fused-ring (bicyclic) bond motifs is 1. The number of halogens is 1. The number of hydrogen-bond donors (Lipinski definition) is 1. The lowest BCUT2D eigenvalue weighted by Crippen LogP contribution is -2.33. The lowest BCUT2D eigenvalue weighted by molar-refractivity contribution is 0.0153. The highest BCUT2D eigenvalue weighted by atomic mass is 79.9. The van der Waals surface area contributed by atoms with Crippen LogP contribution in [0.5, 0.6) is 0 Å². The number of nitrogens with one attached hydrogen (secondary N) is 1. The normalized spacial score (nSPS) is 27.2. The van der Waals surface area contributed by atoms with E-state index in [-0.39, 0.29) is 0 Å². The van der Waals surface area contributed by atoms with E-state index in [0.717, 1.165) is 13.2 Å². The SMILES string of the molecule is Brc1cccc2c1CCC2NCC1CCCCO1. The van der Waals surface area contributed by atoms with Gasteiger partial charge >= 0.3 is 0 Å². The Hall–Kier alpha value is -0.380. The molecule has 1 aromatic rings. The van der Waals surface area contributed by atoms with Gasteiger partial charge in [0.2, 0.25) is 0 Å². The van der Waals surface area contributed by atoms with Crippen molar-refractivity contribution in [3.63, 3.8) is 0 Å². The van der Waals surface area contributed by atoms with Crippen LogP contribution in [0.3, 0.4) is 0 Å². The summed E-state index contributed by atoms with van der Waals surface area (Å²) in [7, 11) is 0. The second kappa shape index (κ2) is 5.72. The first-order valence-electron chi connectivity index (χ1n) is 6.97. The Morgan fingerprint density at radius 1 is 1.28 bits per heavy atom. The van der Waals surface area contributed by atoms with Crippen molar-refractivity contribution in [3.8, 4) is 0 Å². The van der Waals surface area contributed by atoms with Gasteiger partial charge in [0.15, 0.2) is 0 Å². The standard InChI is InChI=1S/C15H20BrNO/c16-14-6-3-5-13-12(14)7-8-15(13)17-10-11-4-1-2-9-18-11/h3,5-6,11,15,17H,1-2,4,7-10H2. The van der Waals surface area contributed by atoms with Gasteiger partial charge < -0.3 is 10.1 Å². The number of hydrogen-bond acceptors (Lipinski definition) is 2. The molecule has 1 saturated heterocycles. The molecule has 98 valence electrons. The molecule has 1 N–H and O–H groups in total. The Morgan fingerprint density at radius 3 is 3.06 bits per heavy atom. The molecule has 1 aliphatic heterocycles. The van der Waals surface area contributed by atoms with Gasteiger partial charge in [-0.25, -0.2) is 0 Å². The fourth-order valence-corrected chi connectivity index (χ4v) is 3.64. The van der Waals surface area contributed by atoms with Crippen molar-refractivity contribution in [1.82, 2.24) is 5.32 Å². The number of benzene rings is 1. The third kappa shape index (κ3) is 2.63. The van der Waals surface area contributed by atoms with E-state index in [1.807, 2.05) is 0 Å². The topological polar surface area (TPSA) is 21.3 Å². The molecule has 3 rings (SSSR count). The fourth-order valence-electron chi connectivity index (χ4n) is 3.06. The summed E-state index contributed by atoms with van der Waals surface area (Å²) >= 11 is 3.65. The van der Waals surface area contributed by atoms with Gasteiger partial charge in [0.05, 0.1) is 6.10 Å². The lowest BCUT2D eigenvalue weighted by atomic mass is 10.1. The maximum Gasteiger partial charge on any atom is 0.0699 e. The van der Waals surface area contributed by atoms with Crippen molar-refractivity contribution >= 4 is 15.9 Å². The molecular weight excluding hydrogens is 290 g/mol. The first-order chi connectivity index (χ1) is 8.84. The lowest BCUT2D eigenvalue weighted by Gasteiger charge is -2.25. The number of ether oxygens (including phenoxy) is 1. The van der Waals surface area contributed by atoms with Crippen LogP contribution in [0.1, 0.15) is 42.9 Å². The third-order valence-electron chi connectivity index (χ3n) is 4.08. The van der Waals surface area contributed by atoms with Crippen LogP contribution in [0.2, 0.25) is 0 Å². The molecule has 1 fully saturated rings. The minimum Gasteiger partial charge on any atom is -0.377 e. The molecule has 1 aliphatic carbocycles. The molecular formula is C15H20BrNO. The van der Waals surface area contributed by atoms with Gasteiger partial charge in [0, 0.05) is 23.7 Å². The maximum absolute atomic E-state index is 5.78. The molecule has 0 aromatic heterocycles. The molecule has 0 amide bonds. The Morgan fingerprint density at radius 2 is 2.22 bits per heavy atom. The van der Waals surface area contributed by atoms with Crippen LogP contribution in [0.15, 0.2) is 22.7 Å². The van der Waals surface area contributed by atoms with Crippen molar-refractivity contribution < 1.29 is 4.74 Å². The van der Waals surface area contributed by atoms with Gasteiger partial charge in [-0.15, -0.1) is 0 Å². The highest BCUT2D eigenvalue weighted by molar-refractivity contribution is 9.10. The van der Waals surface area contributed by atoms with Crippen LogP contribution < -0.4 is 5.32 Å². The molecule has 0 spiro atoms.